The molecule has 0 radical (unpaired) electrons. The Kier molecular flexibility index (Phi) is 10.9. The Morgan fingerprint density at radius 1 is 1.20 bits per heavy atom. The van der Waals surface area contributed by atoms with Crippen LogP contribution in [-0.4, -0.2) is 87.3 Å². The lowest BCUT2D eigenvalue weighted by atomic mass is 10.3. The van der Waals surface area contributed by atoms with Gasteiger partial charge in [-0.25, -0.2) is 0 Å². The van der Waals surface area contributed by atoms with Gasteiger partial charge in [-0.15, -0.1) is 0 Å². The summed E-state index contributed by atoms with van der Waals surface area (Å²) in [5.41, 5.74) is 0. The first-order chi connectivity index (χ1) is 9.45. The van der Waals surface area contributed by atoms with E-state index in [9.17, 15) is 9.59 Å². The molecule has 0 aromatic carbocycles. The molecule has 20 heavy (non-hydrogen) atoms. The predicted octanol–water partition coefficient (Wildman–Crippen LogP) is -0.523. The van der Waals surface area contributed by atoms with Crippen molar-refractivity contribution in [1.29, 1.82) is 0 Å². The first-order valence-electron chi connectivity index (χ1n) is 6.80. The third-order valence-corrected chi connectivity index (χ3v) is 2.72. The second-order valence-electron chi connectivity index (χ2n) is 4.92. The van der Waals surface area contributed by atoms with Crippen molar-refractivity contribution in [3.05, 3.63) is 0 Å². The molecule has 0 saturated carbocycles. The third-order valence-electron chi connectivity index (χ3n) is 2.72. The number of nitrogens with zero attached hydrogens (tertiary/aromatic N) is 2. The number of rotatable bonds is 12. The summed E-state index contributed by atoms with van der Waals surface area (Å²) in [6.07, 6.45) is 0.950. The summed E-state index contributed by atoms with van der Waals surface area (Å²) in [5, 5.41) is 11.5. The Hall–Kier alpha value is -1.18. The van der Waals surface area contributed by atoms with Gasteiger partial charge in [0.25, 0.3) is 0 Å². The lowest BCUT2D eigenvalue weighted by Crippen LogP contribution is -2.40. The van der Waals surface area contributed by atoms with Crippen LogP contribution >= 0.6 is 0 Å². The number of ether oxygens (including phenoxy) is 1. The summed E-state index contributed by atoms with van der Waals surface area (Å²) in [4.78, 5) is 26.3. The number of hydrogen-bond acceptors (Lipinski definition) is 5. The minimum atomic E-state index is -0.845. The summed E-state index contributed by atoms with van der Waals surface area (Å²) in [6, 6.07) is 0. The number of carboxylic acids is 1. The zero-order valence-electron chi connectivity index (χ0n) is 12.7. The molecular formula is C13H27N3O4. The van der Waals surface area contributed by atoms with Crippen molar-refractivity contribution >= 4 is 11.9 Å². The molecule has 0 saturated heterocycles. The molecule has 0 aromatic rings. The van der Waals surface area contributed by atoms with Gasteiger partial charge in [0, 0.05) is 20.2 Å². The number of nitrogens with one attached hydrogen (secondary N) is 1. The van der Waals surface area contributed by atoms with Gasteiger partial charge >= 0.3 is 5.97 Å². The van der Waals surface area contributed by atoms with E-state index in [4.69, 9.17) is 9.84 Å². The van der Waals surface area contributed by atoms with Gasteiger partial charge in [-0.3, -0.25) is 14.5 Å². The Morgan fingerprint density at radius 3 is 2.45 bits per heavy atom. The van der Waals surface area contributed by atoms with Gasteiger partial charge in [-0.1, -0.05) is 0 Å². The molecular weight excluding hydrogens is 262 g/mol. The topological polar surface area (TPSA) is 82.1 Å². The number of carboxylic acid groups (broad SMARTS) is 1. The number of methoxy groups -OCH3 is 1. The zero-order chi connectivity index (χ0) is 15.4. The maximum absolute atomic E-state index is 11.7. The first-order valence-corrected chi connectivity index (χ1v) is 6.80. The Bertz CT molecular complexity index is 285. The Balaban J connectivity index is 4.07. The van der Waals surface area contributed by atoms with Gasteiger partial charge in [0.2, 0.25) is 5.91 Å². The molecule has 0 bridgehead atoms. The molecule has 0 heterocycles. The van der Waals surface area contributed by atoms with Crippen LogP contribution in [0.2, 0.25) is 0 Å². The van der Waals surface area contributed by atoms with E-state index >= 15 is 0 Å². The molecule has 7 heteroatoms. The van der Waals surface area contributed by atoms with Gasteiger partial charge in [0.15, 0.2) is 0 Å². The number of carbonyl (C=O) groups excluding carboxylic acids is 1. The predicted molar refractivity (Wildman–Crippen MR) is 76.7 cm³/mol. The number of amides is 1. The van der Waals surface area contributed by atoms with E-state index in [1.165, 1.54) is 0 Å². The summed E-state index contributed by atoms with van der Waals surface area (Å²) >= 11 is 0. The Labute approximate surface area is 120 Å². The lowest BCUT2D eigenvalue weighted by molar-refractivity contribution is -0.137. The van der Waals surface area contributed by atoms with E-state index in [0.29, 0.717) is 26.2 Å². The second kappa shape index (κ2) is 11.6. The van der Waals surface area contributed by atoms with Crippen LogP contribution in [0.3, 0.4) is 0 Å². The molecule has 0 aromatic heterocycles. The maximum Gasteiger partial charge on any atom is 0.304 e. The van der Waals surface area contributed by atoms with Crippen LogP contribution in [-0.2, 0) is 14.3 Å². The molecule has 0 rings (SSSR count). The molecule has 7 nitrogen and oxygen atoms in total. The summed E-state index contributed by atoms with van der Waals surface area (Å²) in [5.74, 6) is -0.945. The minimum Gasteiger partial charge on any atom is -0.481 e. The van der Waals surface area contributed by atoms with Gasteiger partial charge < -0.3 is 20.1 Å². The largest absolute Gasteiger partial charge is 0.481 e. The number of carbonyl (C=O) groups is 2. The van der Waals surface area contributed by atoms with Gasteiger partial charge in [-0.2, -0.15) is 0 Å². The maximum atomic E-state index is 11.7. The van der Waals surface area contributed by atoms with Crippen molar-refractivity contribution in [2.75, 3.05) is 60.5 Å². The molecule has 118 valence electrons. The highest BCUT2D eigenvalue weighted by atomic mass is 16.5. The number of aliphatic carboxylic acids is 1. The first kappa shape index (κ1) is 18.8. The van der Waals surface area contributed by atoms with Crippen molar-refractivity contribution in [2.45, 2.75) is 12.8 Å². The summed E-state index contributed by atoms with van der Waals surface area (Å²) in [7, 11) is 5.55. The van der Waals surface area contributed by atoms with Crippen LogP contribution in [0.1, 0.15) is 12.8 Å². The molecule has 0 unspecified atom stereocenters. The highest BCUT2D eigenvalue weighted by Gasteiger charge is 2.12. The van der Waals surface area contributed by atoms with Gasteiger partial charge in [0.1, 0.15) is 0 Å². The van der Waals surface area contributed by atoms with Crippen molar-refractivity contribution in [1.82, 2.24) is 15.1 Å². The fraction of sp³-hybridized carbons (Fsp3) is 0.846. The van der Waals surface area contributed by atoms with Crippen molar-refractivity contribution in [3.63, 3.8) is 0 Å². The minimum absolute atomic E-state index is 0.0489. The second-order valence-corrected chi connectivity index (χ2v) is 4.92. The van der Waals surface area contributed by atoms with Crippen molar-refractivity contribution in [2.24, 2.45) is 0 Å². The molecule has 0 aliphatic carbocycles. The van der Waals surface area contributed by atoms with Crippen LogP contribution < -0.4 is 5.32 Å². The molecule has 0 atom stereocenters. The van der Waals surface area contributed by atoms with Crippen LogP contribution in [0.4, 0.5) is 0 Å². The normalized spacial score (nSPS) is 11.1. The molecule has 0 fully saturated rings. The fourth-order valence-electron chi connectivity index (χ4n) is 1.69. The summed E-state index contributed by atoms with van der Waals surface area (Å²) < 4.78 is 4.86. The zero-order valence-corrected chi connectivity index (χ0v) is 12.7. The average molecular weight is 289 g/mol. The highest BCUT2D eigenvalue weighted by molar-refractivity contribution is 5.78. The van der Waals surface area contributed by atoms with Crippen LogP contribution in [0.25, 0.3) is 0 Å². The van der Waals surface area contributed by atoms with E-state index in [1.807, 2.05) is 19.0 Å². The van der Waals surface area contributed by atoms with E-state index in [-0.39, 0.29) is 18.9 Å². The van der Waals surface area contributed by atoms with E-state index in [1.54, 1.807) is 7.11 Å². The quantitative estimate of drug-likeness (QED) is 0.470. The molecule has 0 aliphatic heterocycles. The Morgan fingerprint density at radius 2 is 1.90 bits per heavy atom. The van der Waals surface area contributed by atoms with E-state index in [0.717, 1.165) is 13.0 Å². The SMILES string of the molecule is COCCNC(=O)CN(CCCN(C)C)CCC(=O)O. The van der Waals surface area contributed by atoms with Crippen molar-refractivity contribution < 1.29 is 19.4 Å². The summed E-state index contributed by atoms with van der Waals surface area (Å²) in [6.45, 7) is 3.18. The van der Waals surface area contributed by atoms with Crippen LogP contribution in [0.15, 0.2) is 0 Å². The monoisotopic (exact) mass is 289 g/mol. The standard InChI is InChI=1S/C13H27N3O4/c1-15(2)7-4-8-16(9-5-13(18)19)11-12(17)14-6-10-20-3/h4-11H2,1-3H3,(H,14,17)(H,18,19). The highest BCUT2D eigenvalue weighted by Crippen LogP contribution is 1.96. The third kappa shape index (κ3) is 11.9. The van der Waals surface area contributed by atoms with E-state index < -0.39 is 5.97 Å². The molecule has 2 N–H and O–H groups in total. The molecule has 1 amide bonds. The molecule has 0 aliphatic rings. The number of hydrogen-bond donors (Lipinski definition) is 2. The lowest BCUT2D eigenvalue weighted by Gasteiger charge is -2.22. The average Bonchev–Trinajstić information content (AvgIpc) is 2.35. The van der Waals surface area contributed by atoms with E-state index in [2.05, 4.69) is 10.2 Å². The van der Waals surface area contributed by atoms with Crippen LogP contribution in [0.5, 0.6) is 0 Å². The van der Waals surface area contributed by atoms with Crippen LogP contribution in [0, 0.1) is 0 Å². The molecule has 0 spiro atoms. The van der Waals surface area contributed by atoms with Gasteiger partial charge in [-0.05, 0) is 33.6 Å². The smallest absolute Gasteiger partial charge is 0.304 e. The van der Waals surface area contributed by atoms with Gasteiger partial charge in [0.05, 0.1) is 19.6 Å². The van der Waals surface area contributed by atoms with Crippen molar-refractivity contribution in [3.8, 4) is 0 Å². The fourth-order valence-corrected chi connectivity index (χ4v) is 1.69.